The highest BCUT2D eigenvalue weighted by molar-refractivity contribution is 5.65. The molecule has 0 amide bonds. The highest BCUT2D eigenvalue weighted by atomic mass is 16.5. The summed E-state index contributed by atoms with van der Waals surface area (Å²) in [6, 6.07) is 7.78. The van der Waals surface area contributed by atoms with Crippen LogP contribution < -0.4 is 4.74 Å². The van der Waals surface area contributed by atoms with Gasteiger partial charge < -0.3 is 14.0 Å². The summed E-state index contributed by atoms with van der Waals surface area (Å²) < 4.78 is 15.6. The molecule has 0 radical (unpaired) electrons. The Labute approximate surface area is 129 Å². The highest BCUT2D eigenvalue weighted by Crippen LogP contribution is 2.32. The van der Waals surface area contributed by atoms with E-state index >= 15 is 0 Å². The van der Waals surface area contributed by atoms with E-state index in [-0.39, 0.29) is 5.92 Å². The monoisotopic (exact) mass is 295 g/mol. The van der Waals surface area contributed by atoms with Crippen LogP contribution in [0, 0.1) is 0 Å². The third kappa shape index (κ3) is 2.81. The molecule has 1 aromatic carbocycles. The molecule has 2 aromatic rings. The zero-order valence-electron chi connectivity index (χ0n) is 12.5. The summed E-state index contributed by atoms with van der Waals surface area (Å²) in [5.41, 5.74) is 2.85. The number of rotatable bonds is 4. The average Bonchev–Trinajstić information content (AvgIpc) is 2.93. The third-order valence-corrected chi connectivity index (χ3v) is 3.60. The van der Waals surface area contributed by atoms with Crippen molar-refractivity contribution in [3.8, 4) is 17.0 Å². The summed E-state index contributed by atoms with van der Waals surface area (Å²) in [7, 11) is 3.31. The van der Waals surface area contributed by atoms with Crippen LogP contribution in [0.5, 0.6) is 5.75 Å². The SMILES string of the molecule is COC1=CC=CC(c2conc2-c2ccc(OC)cc2)C=C1. The Bertz CT molecular complexity index is 723. The van der Waals surface area contributed by atoms with Crippen molar-refractivity contribution in [2.75, 3.05) is 14.2 Å². The molecule has 0 aliphatic heterocycles. The summed E-state index contributed by atoms with van der Waals surface area (Å²) in [5, 5.41) is 4.16. The smallest absolute Gasteiger partial charge is 0.128 e. The van der Waals surface area contributed by atoms with Gasteiger partial charge in [-0.1, -0.05) is 23.4 Å². The number of benzene rings is 1. The maximum Gasteiger partial charge on any atom is 0.128 e. The molecular weight excluding hydrogens is 278 g/mol. The number of hydrogen-bond acceptors (Lipinski definition) is 4. The van der Waals surface area contributed by atoms with Crippen LogP contribution in [0.4, 0.5) is 0 Å². The maximum atomic E-state index is 5.25. The van der Waals surface area contributed by atoms with Gasteiger partial charge in [0.1, 0.15) is 23.5 Å². The molecule has 4 heteroatoms. The van der Waals surface area contributed by atoms with Crippen LogP contribution in [0.3, 0.4) is 0 Å². The summed E-state index contributed by atoms with van der Waals surface area (Å²) in [6.07, 6.45) is 11.7. The van der Waals surface area contributed by atoms with Crippen molar-refractivity contribution >= 4 is 0 Å². The lowest BCUT2D eigenvalue weighted by molar-refractivity contribution is 0.307. The molecule has 1 aromatic heterocycles. The number of hydrogen-bond donors (Lipinski definition) is 0. The van der Waals surface area contributed by atoms with Gasteiger partial charge in [0, 0.05) is 17.0 Å². The molecule has 1 heterocycles. The fourth-order valence-electron chi connectivity index (χ4n) is 2.38. The van der Waals surface area contributed by atoms with Gasteiger partial charge in [-0.05, 0) is 36.4 Å². The molecule has 0 spiro atoms. The van der Waals surface area contributed by atoms with Gasteiger partial charge in [-0.15, -0.1) is 0 Å². The maximum absolute atomic E-state index is 5.25. The molecule has 1 aliphatic carbocycles. The standard InChI is InChI=1S/C18H17NO3/c1-20-15-5-3-4-13(6-9-15)17-12-22-19-18(17)14-7-10-16(21-2)11-8-14/h3-13H,1-2H3. The summed E-state index contributed by atoms with van der Waals surface area (Å²) in [4.78, 5) is 0. The lowest BCUT2D eigenvalue weighted by atomic mass is 9.96. The molecular formula is C18H17NO3. The minimum Gasteiger partial charge on any atom is -0.497 e. The zero-order chi connectivity index (χ0) is 15.4. The third-order valence-electron chi connectivity index (χ3n) is 3.60. The lowest BCUT2D eigenvalue weighted by Gasteiger charge is -2.07. The first kappa shape index (κ1) is 14.2. The fraction of sp³-hybridized carbons (Fsp3) is 0.167. The molecule has 0 saturated carbocycles. The Morgan fingerprint density at radius 2 is 1.86 bits per heavy atom. The topological polar surface area (TPSA) is 44.5 Å². The minimum atomic E-state index is 0.0900. The van der Waals surface area contributed by atoms with Gasteiger partial charge in [-0.25, -0.2) is 0 Å². The molecule has 1 aliphatic rings. The van der Waals surface area contributed by atoms with Crippen LogP contribution >= 0.6 is 0 Å². The molecule has 0 fully saturated rings. The molecule has 0 saturated heterocycles. The van der Waals surface area contributed by atoms with E-state index in [1.54, 1.807) is 20.5 Å². The molecule has 4 nitrogen and oxygen atoms in total. The van der Waals surface area contributed by atoms with Gasteiger partial charge in [-0.3, -0.25) is 0 Å². The van der Waals surface area contributed by atoms with Crippen molar-refractivity contribution in [3.63, 3.8) is 0 Å². The van der Waals surface area contributed by atoms with E-state index in [4.69, 9.17) is 14.0 Å². The van der Waals surface area contributed by atoms with Gasteiger partial charge in [0.15, 0.2) is 0 Å². The zero-order valence-corrected chi connectivity index (χ0v) is 12.5. The van der Waals surface area contributed by atoms with Crippen molar-refractivity contribution in [1.82, 2.24) is 5.16 Å². The molecule has 1 atom stereocenters. The van der Waals surface area contributed by atoms with Crippen LogP contribution in [0.25, 0.3) is 11.3 Å². The van der Waals surface area contributed by atoms with Crippen LogP contribution in [0.1, 0.15) is 11.5 Å². The van der Waals surface area contributed by atoms with Crippen LogP contribution in [-0.4, -0.2) is 19.4 Å². The van der Waals surface area contributed by atoms with Crippen LogP contribution in [0.15, 0.2) is 71.2 Å². The summed E-state index contributed by atoms with van der Waals surface area (Å²) in [5.74, 6) is 1.73. The number of aromatic nitrogens is 1. The second-order valence-corrected chi connectivity index (χ2v) is 4.89. The Morgan fingerprint density at radius 1 is 1.05 bits per heavy atom. The van der Waals surface area contributed by atoms with Gasteiger partial charge >= 0.3 is 0 Å². The number of ether oxygens (including phenoxy) is 2. The Kier molecular flexibility index (Phi) is 4.10. The van der Waals surface area contributed by atoms with Crippen molar-refractivity contribution < 1.29 is 14.0 Å². The Balaban J connectivity index is 1.92. The summed E-state index contributed by atoms with van der Waals surface area (Å²) >= 11 is 0. The quantitative estimate of drug-likeness (QED) is 0.852. The average molecular weight is 295 g/mol. The molecule has 3 rings (SSSR count). The van der Waals surface area contributed by atoms with Crippen LogP contribution in [-0.2, 0) is 4.74 Å². The first-order valence-electron chi connectivity index (χ1n) is 7.01. The van der Waals surface area contributed by atoms with Crippen molar-refractivity contribution in [3.05, 3.63) is 72.2 Å². The van der Waals surface area contributed by atoms with E-state index < -0.39 is 0 Å². The van der Waals surface area contributed by atoms with E-state index in [9.17, 15) is 0 Å². The van der Waals surface area contributed by atoms with Crippen LogP contribution in [0.2, 0.25) is 0 Å². The normalized spacial score (nSPS) is 17.0. The molecule has 0 bridgehead atoms. The lowest BCUT2D eigenvalue weighted by Crippen LogP contribution is -1.93. The number of allylic oxidation sites excluding steroid dienone is 5. The molecule has 0 N–H and O–H groups in total. The van der Waals surface area contributed by atoms with Gasteiger partial charge in [0.05, 0.1) is 14.2 Å². The minimum absolute atomic E-state index is 0.0900. The van der Waals surface area contributed by atoms with E-state index in [2.05, 4.69) is 17.3 Å². The Morgan fingerprint density at radius 3 is 2.59 bits per heavy atom. The van der Waals surface area contributed by atoms with Gasteiger partial charge in [0.2, 0.25) is 0 Å². The molecule has 22 heavy (non-hydrogen) atoms. The molecule has 1 unspecified atom stereocenters. The van der Waals surface area contributed by atoms with E-state index in [1.165, 1.54) is 0 Å². The Hall–Kier alpha value is -2.75. The second kappa shape index (κ2) is 6.35. The first-order chi connectivity index (χ1) is 10.8. The van der Waals surface area contributed by atoms with E-state index in [1.807, 2.05) is 42.5 Å². The predicted molar refractivity (Wildman–Crippen MR) is 84.6 cm³/mol. The van der Waals surface area contributed by atoms with Crippen molar-refractivity contribution in [1.29, 1.82) is 0 Å². The largest absolute Gasteiger partial charge is 0.497 e. The van der Waals surface area contributed by atoms with Gasteiger partial charge in [-0.2, -0.15) is 0 Å². The van der Waals surface area contributed by atoms with Crippen molar-refractivity contribution in [2.45, 2.75) is 5.92 Å². The predicted octanol–water partition coefficient (Wildman–Crippen LogP) is 4.09. The first-order valence-corrected chi connectivity index (χ1v) is 7.01. The van der Waals surface area contributed by atoms with Crippen molar-refractivity contribution in [2.24, 2.45) is 0 Å². The number of methoxy groups -OCH3 is 2. The number of nitrogens with zero attached hydrogens (tertiary/aromatic N) is 1. The summed E-state index contributed by atoms with van der Waals surface area (Å²) in [6.45, 7) is 0. The van der Waals surface area contributed by atoms with E-state index in [0.29, 0.717) is 0 Å². The van der Waals surface area contributed by atoms with E-state index in [0.717, 1.165) is 28.3 Å². The van der Waals surface area contributed by atoms with Gasteiger partial charge in [0.25, 0.3) is 0 Å². The highest BCUT2D eigenvalue weighted by Gasteiger charge is 2.17. The fourth-order valence-corrected chi connectivity index (χ4v) is 2.38. The molecule has 112 valence electrons. The second-order valence-electron chi connectivity index (χ2n) is 4.89.